The smallest absolute Gasteiger partial charge is 0.299 e. The lowest BCUT2D eigenvalue weighted by molar-refractivity contribution is 0.564. The van der Waals surface area contributed by atoms with E-state index >= 15 is 0 Å². The quantitative estimate of drug-likeness (QED) is 0.711. The molecule has 0 unspecified atom stereocenters. The van der Waals surface area contributed by atoms with E-state index in [2.05, 4.69) is 0 Å². The maximum absolute atomic E-state index is 13.5. The van der Waals surface area contributed by atoms with Crippen molar-refractivity contribution in [2.45, 2.75) is 26.4 Å². The Kier molecular flexibility index (Phi) is 5.21. The van der Waals surface area contributed by atoms with Gasteiger partial charge in [0.1, 0.15) is 5.82 Å². The maximum Gasteiger partial charge on any atom is 0.331 e. The molecule has 1 aromatic carbocycles. The Morgan fingerprint density at radius 1 is 1.33 bits per heavy atom. The van der Waals surface area contributed by atoms with Crippen LogP contribution in [0.1, 0.15) is 18.9 Å². The molecule has 21 heavy (non-hydrogen) atoms. The van der Waals surface area contributed by atoms with Crippen molar-refractivity contribution in [2.75, 3.05) is 0 Å². The molecule has 0 aliphatic carbocycles. The van der Waals surface area contributed by atoms with Crippen molar-refractivity contribution in [3.8, 4) is 0 Å². The van der Waals surface area contributed by atoms with Crippen molar-refractivity contribution >= 4 is 34.2 Å². The predicted molar refractivity (Wildman–Crippen MR) is 88.5 cm³/mol. The lowest BCUT2D eigenvalue weighted by atomic mass is 10.2. The fraction of sp³-hybridized carbons (Fsp3) is 0.286. The molecule has 0 radical (unpaired) electrons. The third-order valence-corrected chi connectivity index (χ3v) is 4.18. The molecular weight excluding hydrogens is 410 g/mol. The third kappa shape index (κ3) is 3.37. The third-order valence-electron chi connectivity index (χ3n) is 3.02. The largest absolute Gasteiger partial charge is 0.331 e. The number of aromatic nitrogens is 2. The predicted octanol–water partition coefficient (Wildman–Crippen LogP) is 2.87. The van der Waals surface area contributed by atoms with Gasteiger partial charge in [-0.25, -0.2) is 9.18 Å². The second-order valence-corrected chi connectivity index (χ2v) is 6.10. The first-order chi connectivity index (χ1) is 9.95. The summed E-state index contributed by atoms with van der Waals surface area (Å²) in [4.78, 5) is 24.5. The average Bonchev–Trinajstić information content (AvgIpc) is 2.45. The van der Waals surface area contributed by atoms with Crippen molar-refractivity contribution in [3.05, 3.63) is 65.2 Å². The van der Waals surface area contributed by atoms with Gasteiger partial charge in [-0.05, 0) is 40.6 Å². The van der Waals surface area contributed by atoms with Gasteiger partial charge >= 0.3 is 5.69 Å². The van der Waals surface area contributed by atoms with Crippen LogP contribution in [0, 0.1) is 9.39 Å². The van der Waals surface area contributed by atoms with Crippen LogP contribution in [0.25, 0.3) is 0 Å². The zero-order valence-electron chi connectivity index (χ0n) is 11.3. The van der Waals surface area contributed by atoms with E-state index in [0.29, 0.717) is 15.7 Å². The zero-order valence-corrected chi connectivity index (χ0v) is 14.2. The fourth-order valence-electron chi connectivity index (χ4n) is 2.00. The summed E-state index contributed by atoms with van der Waals surface area (Å²) in [6.07, 6.45) is 2.31. The van der Waals surface area contributed by atoms with E-state index in [1.165, 1.54) is 16.7 Å². The van der Waals surface area contributed by atoms with Gasteiger partial charge in [0.05, 0.1) is 15.1 Å². The summed E-state index contributed by atoms with van der Waals surface area (Å²) in [5.41, 5.74) is -0.406. The molecule has 1 aromatic heterocycles. The van der Waals surface area contributed by atoms with Gasteiger partial charge in [0.2, 0.25) is 0 Å². The Labute approximate surface area is 139 Å². The maximum atomic E-state index is 13.5. The molecule has 0 fully saturated rings. The second-order valence-electron chi connectivity index (χ2n) is 4.56. The van der Waals surface area contributed by atoms with Gasteiger partial charge in [-0.2, -0.15) is 0 Å². The Morgan fingerprint density at radius 3 is 2.71 bits per heavy atom. The molecule has 7 heteroatoms. The molecule has 4 nitrogen and oxygen atoms in total. The van der Waals surface area contributed by atoms with Gasteiger partial charge in [0.15, 0.2) is 0 Å². The highest BCUT2D eigenvalue weighted by Crippen LogP contribution is 2.19. The monoisotopic (exact) mass is 422 g/mol. The van der Waals surface area contributed by atoms with Crippen molar-refractivity contribution in [1.29, 1.82) is 0 Å². The van der Waals surface area contributed by atoms with Gasteiger partial charge in [-0.1, -0.05) is 30.7 Å². The highest BCUT2D eigenvalue weighted by molar-refractivity contribution is 14.1. The van der Waals surface area contributed by atoms with Crippen LogP contribution in [0.2, 0.25) is 5.02 Å². The molecule has 0 amide bonds. The van der Waals surface area contributed by atoms with Crippen LogP contribution in [-0.2, 0) is 13.1 Å². The van der Waals surface area contributed by atoms with Crippen LogP contribution in [0.4, 0.5) is 4.39 Å². The molecule has 0 aliphatic heterocycles. The van der Waals surface area contributed by atoms with Crippen LogP contribution in [0.15, 0.2) is 34.0 Å². The van der Waals surface area contributed by atoms with Gasteiger partial charge in [0.25, 0.3) is 5.56 Å². The Morgan fingerprint density at radius 2 is 2.05 bits per heavy atom. The van der Waals surface area contributed by atoms with E-state index in [1.807, 2.05) is 29.5 Å². The molecule has 0 saturated carbocycles. The number of rotatable bonds is 4. The first-order valence-corrected chi connectivity index (χ1v) is 7.84. The fourth-order valence-corrected chi connectivity index (χ4v) is 2.81. The van der Waals surface area contributed by atoms with Crippen LogP contribution in [-0.4, -0.2) is 9.13 Å². The summed E-state index contributed by atoms with van der Waals surface area (Å²) in [7, 11) is 0. The minimum absolute atomic E-state index is 0.0468. The van der Waals surface area contributed by atoms with Crippen molar-refractivity contribution < 1.29 is 4.39 Å². The average molecular weight is 423 g/mol. The number of benzene rings is 1. The summed E-state index contributed by atoms with van der Waals surface area (Å²) in [5.74, 6) is -0.568. The Balaban J connectivity index is 2.56. The summed E-state index contributed by atoms with van der Waals surface area (Å²) < 4.78 is 16.5. The minimum atomic E-state index is -0.568. The van der Waals surface area contributed by atoms with Crippen LogP contribution >= 0.6 is 34.2 Å². The molecule has 0 spiro atoms. The molecule has 1 heterocycles. The molecule has 0 bridgehead atoms. The van der Waals surface area contributed by atoms with E-state index in [-0.39, 0.29) is 11.6 Å². The second kappa shape index (κ2) is 6.74. The molecule has 0 saturated heterocycles. The van der Waals surface area contributed by atoms with E-state index in [0.717, 1.165) is 11.0 Å². The van der Waals surface area contributed by atoms with Gasteiger partial charge in [-0.3, -0.25) is 13.9 Å². The summed E-state index contributed by atoms with van der Waals surface area (Å²) in [5, 5.41) is -0.0651. The lowest BCUT2D eigenvalue weighted by Crippen LogP contribution is -2.41. The molecule has 2 aromatic rings. The zero-order chi connectivity index (χ0) is 15.6. The molecule has 0 aliphatic rings. The highest BCUT2D eigenvalue weighted by atomic mass is 127. The first kappa shape index (κ1) is 16.2. The molecule has 112 valence electrons. The van der Waals surface area contributed by atoms with Gasteiger partial charge < -0.3 is 0 Å². The van der Waals surface area contributed by atoms with Crippen molar-refractivity contribution in [3.63, 3.8) is 0 Å². The van der Waals surface area contributed by atoms with E-state index in [1.54, 1.807) is 12.3 Å². The highest BCUT2D eigenvalue weighted by Gasteiger charge is 2.13. The van der Waals surface area contributed by atoms with E-state index in [4.69, 9.17) is 11.6 Å². The molecular formula is C14H13ClFIN2O2. The lowest BCUT2D eigenvalue weighted by Gasteiger charge is -2.11. The summed E-state index contributed by atoms with van der Waals surface area (Å²) in [6.45, 7) is 2.42. The standard InChI is InChI=1S/C14H13ClFIN2O2/c1-2-6-18-8-11(17)13(20)19(14(18)21)7-9-4-3-5-10(16)12(9)15/h3-5,8H,2,6-7H2,1H3. The number of nitrogens with zero attached hydrogens (tertiary/aromatic N) is 2. The summed E-state index contributed by atoms with van der Waals surface area (Å²) >= 11 is 7.78. The number of aryl methyl sites for hydroxylation is 1. The van der Waals surface area contributed by atoms with Gasteiger partial charge in [-0.15, -0.1) is 0 Å². The van der Waals surface area contributed by atoms with E-state index < -0.39 is 17.1 Å². The van der Waals surface area contributed by atoms with Crippen molar-refractivity contribution in [1.82, 2.24) is 9.13 Å². The normalized spacial score (nSPS) is 10.9. The number of hydrogen-bond donors (Lipinski definition) is 0. The van der Waals surface area contributed by atoms with Crippen LogP contribution in [0.3, 0.4) is 0 Å². The molecule has 2 rings (SSSR count). The minimum Gasteiger partial charge on any atom is -0.299 e. The van der Waals surface area contributed by atoms with Crippen LogP contribution < -0.4 is 11.2 Å². The Hall–Kier alpha value is -1.15. The molecule has 0 atom stereocenters. The number of halogens is 3. The SMILES string of the molecule is CCCn1cc(I)c(=O)n(Cc2cccc(F)c2Cl)c1=O. The van der Waals surface area contributed by atoms with Crippen molar-refractivity contribution in [2.24, 2.45) is 0 Å². The summed E-state index contributed by atoms with van der Waals surface area (Å²) in [6, 6.07) is 4.33. The number of hydrogen-bond acceptors (Lipinski definition) is 2. The van der Waals surface area contributed by atoms with E-state index in [9.17, 15) is 14.0 Å². The molecule has 0 N–H and O–H groups in total. The van der Waals surface area contributed by atoms with Gasteiger partial charge in [0, 0.05) is 12.7 Å². The Bertz CT molecular complexity index is 786. The topological polar surface area (TPSA) is 44.0 Å². The van der Waals surface area contributed by atoms with Crippen LogP contribution in [0.5, 0.6) is 0 Å². The first-order valence-electron chi connectivity index (χ1n) is 6.38.